The van der Waals surface area contributed by atoms with Crippen LogP contribution in [0.4, 0.5) is 5.82 Å². The van der Waals surface area contributed by atoms with E-state index in [9.17, 15) is 0 Å². The molecule has 0 aliphatic carbocycles. The minimum absolute atomic E-state index is 0.778. The number of halogens is 1. The summed E-state index contributed by atoms with van der Waals surface area (Å²) < 4.78 is 2.09. The van der Waals surface area contributed by atoms with E-state index in [1.165, 1.54) is 5.56 Å². The fraction of sp³-hybridized carbons (Fsp3) is 0.364. The molecule has 1 aliphatic rings. The van der Waals surface area contributed by atoms with Crippen molar-refractivity contribution in [3.63, 3.8) is 0 Å². The molecule has 3 heterocycles. The van der Waals surface area contributed by atoms with E-state index in [4.69, 9.17) is 0 Å². The van der Waals surface area contributed by atoms with Gasteiger partial charge in [-0.05, 0) is 11.6 Å². The average Bonchev–Trinajstić information content (AvgIpc) is 2.86. The van der Waals surface area contributed by atoms with Crippen LogP contribution in [0.5, 0.6) is 0 Å². The molecular weight excluding hydrogens is 282 g/mol. The molecule has 2 aromatic heterocycles. The molecule has 2 aromatic rings. The van der Waals surface area contributed by atoms with Crippen molar-refractivity contribution in [1.82, 2.24) is 19.7 Å². The molecule has 6 heteroatoms. The van der Waals surface area contributed by atoms with Gasteiger partial charge in [-0.2, -0.15) is 0 Å². The lowest BCUT2D eigenvalue weighted by Crippen LogP contribution is -2.34. The first-order valence-electron chi connectivity index (χ1n) is 5.49. The highest BCUT2D eigenvalue weighted by Crippen LogP contribution is 2.18. The summed E-state index contributed by atoms with van der Waals surface area (Å²) in [4.78, 5) is 6.69. The molecule has 17 heavy (non-hydrogen) atoms. The molecule has 0 unspecified atom stereocenters. The number of nitrogens with zero attached hydrogens (tertiary/aromatic N) is 5. The molecular formula is C11H12BrN5. The first-order valence-corrected chi connectivity index (χ1v) is 6.61. The Labute approximate surface area is 108 Å². The van der Waals surface area contributed by atoms with Crippen LogP contribution in [0.25, 0.3) is 0 Å². The van der Waals surface area contributed by atoms with E-state index in [2.05, 4.69) is 52.7 Å². The fourth-order valence-corrected chi connectivity index (χ4v) is 2.28. The molecule has 0 spiro atoms. The molecule has 3 rings (SSSR count). The van der Waals surface area contributed by atoms with Crippen LogP contribution in [0.2, 0.25) is 0 Å². The summed E-state index contributed by atoms with van der Waals surface area (Å²) in [5.41, 5.74) is 1.19. The Morgan fingerprint density at radius 3 is 3.00 bits per heavy atom. The summed E-state index contributed by atoms with van der Waals surface area (Å²) >= 11 is 3.42. The molecule has 0 atom stereocenters. The minimum atomic E-state index is 0.778. The minimum Gasteiger partial charge on any atom is -0.347 e. The van der Waals surface area contributed by atoms with Gasteiger partial charge in [0.1, 0.15) is 12.1 Å². The van der Waals surface area contributed by atoms with Crippen molar-refractivity contribution < 1.29 is 0 Å². The third kappa shape index (κ3) is 2.04. The smallest absolute Gasteiger partial charge is 0.152 e. The lowest BCUT2D eigenvalue weighted by Gasteiger charge is -2.27. The summed E-state index contributed by atoms with van der Waals surface area (Å²) in [6.45, 7) is 2.65. The van der Waals surface area contributed by atoms with Gasteiger partial charge in [-0.15, -0.1) is 10.2 Å². The van der Waals surface area contributed by atoms with Gasteiger partial charge in [0.2, 0.25) is 0 Å². The molecule has 0 radical (unpaired) electrons. The maximum atomic E-state index is 4.47. The second-order valence-corrected chi connectivity index (χ2v) is 4.58. The van der Waals surface area contributed by atoms with Gasteiger partial charge in [0.25, 0.3) is 0 Å². The highest BCUT2D eigenvalue weighted by molar-refractivity contribution is 9.08. The van der Waals surface area contributed by atoms with Crippen molar-refractivity contribution in [2.45, 2.75) is 18.4 Å². The van der Waals surface area contributed by atoms with Gasteiger partial charge < -0.3 is 9.47 Å². The first kappa shape index (κ1) is 10.7. The number of fused-ring (bicyclic) bond motifs is 1. The van der Waals surface area contributed by atoms with Crippen molar-refractivity contribution in [1.29, 1.82) is 0 Å². The Morgan fingerprint density at radius 2 is 2.24 bits per heavy atom. The van der Waals surface area contributed by atoms with E-state index < -0.39 is 0 Å². The van der Waals surface area contributed by atoms with Gasteiger partial charge in [-0.25, -0.2) is 4.98 Å². The van der Waals surface area contributed by atoms with E-state index in [1.54, 1.807) is 6.33 Å². The Balaban J connectivity index is 1.81. The standard InChI is InChI=1S/C11H12BrN5/c12-5-9-1-2-10(13-6-9)16-3-4-17-8-14-15-11(17)7-16/h1-2,6,8H,3-5,7H2. The number of anilines is 1. The molecule has 0 amide bonds. The van der Waals surface area contributed by atoms with Crippen molar-refractivity contribution in [2.75, 3.05) is 11.4 Å². The second kappa shape index (κ2) is 4.44. The van der Waals surface area contributed by atoms with Gasteiger partial charge in [0, 0.05) is 24.6 Å². The van der Waals surface area contributed by atoms with Gasteiger partial charge in [-0.3, -0.25) is 0 Å². The summed E-state index contributed by atoms with van der Waals surface area (Å²) in [7, 11) is 0. The maximum Gasteiger partial charge on any atom is 0.152 e. The zero-order valence-corrected chi connectivity index (χ0v) is 10.8. The Kier molecular flexibility index (Phi) is 2.80. The quantitative estimate of drug-likeness (QED) is 0.789. The lowest BCUT2D eigenvalue weighted by atomic mass is 10.3. The third-order valence-corrected chi connectivity index (χ3v) is 3.57. The molecule has 0 fully saturated rings. The average molecular weight is 294 g/mol. The molecule has 0 N–H and O–H groups in total. The number of rotatable bonds is 2. The molecule has 0 bridgehead atoms. The summed E-state index contributed by atoms with van der Waals surface area (Å²) in [6.07, 6.45) is 3.69. The van der Waals surface area contributed by atoms with Crippen LogP contribution in [0.15, 0.2) is 24.7 Å². The van der Waals surface area contributed by atoms with E-state index in [0.29, 0.717) is 0 Å². The zero-order chi connectivity index (χ0) is 11.7. The van der Waals surface area contributed by atoms with Gasteiger partial charge in [0.05, 0.1) is 6.54 Å². The van der Waals surface area contributed by atoms with Crippen LogP contribution >= 0.6 is 15.9 Å². The highest BCUT2D eigenvalue weighted by Gasteiger charge is 2.18. The predicted octanol–water partition coefficient (Wildman–Crippen LogP) is 1.59. The van der Waals surface area contributed by atoms with E-state index in [1.807, 2.05) is 6.20 Å². The number of hydrogen-bond donors (Lipinski definition) is 0. The van der Waals surface area contributed by atoms with Crippen LogP contribution in [0, 0.1) is 0 Å². The van der Waals surface area contributed by atoms with Crippen LogP contribution < -0.4 is 4.90 Å². The Hall–Kier alpha value is -1.43. The van der Waals surface area contributed by atoms with E-state index >= 15 is 0 Å². The van der Waals surface area contributed by atoms with Crippen LogP contribution in [0.3, 0.4) is 0 Å². The van der Waals surface area contributed by atoms with Gasteiger partial charge >= 0.3 is 0 Å². The molecule has 0 aromatic carbocycles. The van der Waals surface area contributed by atoms with Crippen molar-refractivity contribution in [3.8, 4) is 0 Å². The fourth-order valence-electron chi connectivity index (χ4n) is 1.94. The van der Waals surface area contributed by atoms with Crippen molar-refractivity contribution in [2.24, 2.45) is 0 Å². The number of aromatic nitrogens is 4. The van der Waals surface area contributed by atoms with Gasteiger partial charge in [0.15, 0.2) is 5.82 Å². The summed E-state index contributed by atoms with van der Waals surface area (Å²) in [6, 6.07) is 4.15. The normalized spacial score (nSPS) is 14.8. The monoisotopic (exact) mass is 293 g/mol. The molecule has 5 nitrogen and oxygen atoms in total. The van der Waals surface area contributed by atoms with Crippen LogP contribution in [-0.2, 0) is 18.4 Å². The Bertz CT molecular complexity index is 507. The number of pyridine rings is 1. The predicted molar refractivity (Wildman–Crippen MR) is 67.9 cm³/mol. The number of alkyl halides is 1. The molecule has 1 aliphatic heterocycles. The topological polar surface area (TPSA) is 46.8 Å². The number of hydrogen-bond acceptors (Lipinski definition) is 4. The Morgan fingerprint density at radius 1 is 1.29 bits per heavy atom. The van der Waals surface area contributed by atoms with E-state index in [0.717, 1.165) is 36.6 Å². The SMILES string of the molecule is BrCc1ccc(N2CCn3cnnc3C2)nc1. The van der Waals surface area contributed by atoms with Gasteiger partial charge in [-0.1, -0.05) is 22.0 Å². The summed E-state index contributed by atoms with van der Waals surface area (Å²) in [5, 5.41) is 8.86. The largest absolute Gasteiger partial charge is 0.347 e. The van der Waals surface area contributed by atoms with Crippen molar-refractivity contribution >= 4 is 21.7 Å². The first-order chi connectivity index (χ1) is 8.36. The summed E-state index contributed by atoms with van der Waals surface area (Å²) in [5.74, 6) is 2.01. The molecule has 0 saturated heterocycles. The van der Waals surface area contributed by atoms with E-state index in [-0.39, 0.29) is 0 Å². The van der Waals surface area contributed by atoms with Crippen molar-refractivity contribution in [3.05, 3.63) is 36.0 Å². The molecule has 0 saturated carbocycles. The highest BCUT2D eigenvalue weighted by atomic mass is 79.9. The maximum absolute atomic E-state index is 4.47. The lowest BCUT2D eigenvalue weighted by molar-refractivity contribution is 0.556. The van der Waals surface area contributed by atoms with Crippen LogP contribution in [-0.4, -0.2) is 26.3 Å². The van der Waals surface area contributed by atoms with Crippen LogP contribution in [0.1, 0.15) is 11.4 Å². The third-order valence-electron chi connectivity index (χ3n) is 2.93. The zero-order valence-electron chi connectivity index (χ0n) is 9.25. The molecule has 88 valence electrons. The second-order valence-electron chi connectivity index (χ2n) is 4.02.